The molecule has 0 bridgehead atoms. The summed E-state index contributed by atoms with van der Waals surface area (Å²) in [7, 11) is 3.43. The number of nitrogens with zero attached hydrogens (tertiary/aromatic N) is 1. The van der Waals surface area contributed by atoms with Crippen molar-refractivity contribution in [3.63, 3.8) is 0 Å². The summed E-state index contributed by atoms with van der Waals surface area (Å²) in [6.45, 7) is 0. The summed E-state index contributed by atoms with van der Waals surface area (Å²) in [5.74, 6) is -0.0335. The molecule has 1 aromatic carbocycles. The Morgan fingerprint density at radius 3 is 2.43 bits per heavy atom. The van der Waals surface area contributed by atoms with Gasteiger partial charge in [0.2, 0.25) is 5.91 Å². The number of likely N-dealkylation sites (N-methyl/N-ethyl adjacent to an activating group) is 1. The molecule has 1 aromatic rings. The molecule has 1 amide bonds. The maximum Gasteiger partial charge on any atom is 0.239 e. The highest BCUT2D eigenvalue weighted by atomic mass is 16.2. The molecule has 14 heavy (non-hydrogen) atoms. The Bertz CT molecular complexity index is 295. The second kappa shape index (κ2) is 4.77. The van der Waals surface area contributed by atoms with Gasteiger partial charge in [-0.2, -0.15) is 0 Å². The zero-order chi connectivity index (χ0) is 10.6. The molecule has 0 radical (unpaired) electrons. The molecule has 0 fully saturated rings. The molecule has 2 N–H and O–H groups in total. The van der Waals surface area contributed by atoms with Crippen molar-refractivity contribution in [2.75, 3.05) is 14.1 Å². The van der Waals surface area contributed by atoms with Crippen molar-refractivity contribution >= 4 is 5.91 Å². The molecule has 3 nitrogen and oxygen atoms in total. The van der Waals surface area contributed by atoms with Crippen LogP contribution in [-0.2, 0) is 11.2 Å². The van der Waals surface area contributed by atoms with Gasteiger partial charge in [0.1, 0.15) is 0 Å². The van der Waals surface area contributed by atoms with Crippen molar-refractivity contribution < 1.29 is 4.79 Å². The minimum atomic E-state index is -0.438. The lowest BCUT2D eigenvalue weighted by Gasteiger charge is -2.16. The predicted molar refractivity (Wildman–Crippen MR) is 56.8 cm³/mol. The lowest BCUT2D eigenvalue weighted by atomic mass is 10.1. The molecule has 0 saturated carbocycles. The van der Waals surface area contributed by atoms with Crippen LogP contribution in [0.5, 0.6) is 0 Å². The molecule has 0 heterocycles. The first-order valence-electron chi connectivity index (χ1n) is 4.62. The van der Waals surface area contributed by atoms with E-state index in [0.29, 0.717) is 6.42 Å². The van der Waals surface area contributed by atoms with Crippen LogP contribution in [0, 0.1) is 0 Å². The topological polar surface area (TPSA) is 46.3 Å². The Kier molecular flexibility index (Phi) is 3.65. The van der Waals surface area contributed by atoms with Gasteiger partial charge in [0.15, 0.2) is 0 Å². The highest BCUT2D eigenvalue weighted by molar-refractivity contribution is 5.81. The fourth-order valence-corrected chi connectivity index (χ4v) is 1.29. The molecule has 0 spiro atoms. The van der Waals surface area contributed by atoms with Gasteiger partial charge < -0.3 is 10.6 Å². The van der Waals surface area contributed by atoms with Crippen LogP contribution in [0.25, 0.3) is 0 Å². The van der Waals surface area contributed by atoms with Gasteiger partial charge in [-0.25, -0.2) is 0 Å². The van der Waals surface area contributed by atoms with Crippen LogP contribution in [0.4, 0.5) is 0 Å². The van der Waals surface area contributed by atoms with Crippen LogP contribution in [0.1, 0.15) is 5.56 Å². The summed E-state index contributed by atoms with van der Waals surface area (Å²) in [6.07, 6.45) is 0.595. The van der Waals surface area contributed by atoms with Gasteiger partial charge in [-0.1, -0.05) is 30.3 Å². The van der Waals surface area contributed by atoms with E-state index in [9.17, 15) is 4.79 Å². The summed E-state index contributed by atoms with van der Waals surface area (Å²) in [5, 5.41) is 0. The van der Waals surface area contributed by atoms with E-state index in [4.69, 9.17) is 5.73 Å². The maximum absolute atomic E-state index is 11.4. The van der Waals surface area contributed by atoms with E-state index < -0.39 is 6.04 Å². The monoisotopic (exact) mass is 192 g/mol. The largest absolute Gasteiger partial charge is 0.347 e. The van der Waals surface area contributed by atoms with Gasteiger partial charge in [-0.05, 0) is 12.0 Å². The van der Waals surface area contributed by atoms with Crippen LogP contribution >= 0.6 is 0 Å². The summed E-state index contributed by atoms with van der Waals surface area (Å²) >= 11 is 0. The zero-order valence-corrected chi connectivity index (χ0v) is 8.60. The smallest absolute Gasteiger partial charge is 0.239 e. The zero-order valence-electron chi connectivity index (χ0n) is 8.60. The molecule has 1 atom stereocenters. The maximum atomic E-state index is 11.4. The van der Waals surface area contributed by atoms with Crippen LogP contribution in [-0.4, -0.2) is 30.9 Å². The molecule has 1 rings (SSSR count). The lowest BCUT2D eigenvalue weighted by molar-refractivity contribution is -0.130. The van der Waals surface area contributed by atoms with E-state index in [1.165, 1.54) is 4.90 Å². The number of hydrogen-bond donors (Lipinski definition) is 1. The normalized spacial score (nSPS) is 12.2. The number of amides is 1. The van der Waals surface area contributed by atoms with Crippen molar-refractivity contribution in [1.82, 2.24) is 4.90 Å². The average Bonchev–Trinajstić information content (AvgIpc) is 2.18. The molecule has 0 aromatic heterocycles. The first kappa shape index (κ1) is 10.7. The van der Waals surface area contributed by atoms with Crippen molar-refractivity contribution in [2.24, 2.45) is 5.73 Å². The van der Waals surface area contributed by atoms with Crippen molar-refractivity contribution in [3.8, 4) is 0 Å². The van der Waals surface area contributed by atoms with E-state index in [0.717, 1.165) is 5.56 Å². The summed E-state index contributed by atoms with van der Waals surface area (Å²) in [6, 6.07) is 9.35. The van der Waals surface area contributed by atoms with E-state index in [1.54, 1.807) is 14.1 Å². The lowest BCUT2D eigenvalue weighted by Crippen LogP contribution is -2.41. The van der Waals surface area contributed by atoms with Gasteiger partial charge in [0.05, 0.1) is 6.04 Å². The molecule has 0 aliphatic rings. The minimum Gasteiger partial charge on any atom is -0.347 e. The first-order valence-corrected chi connectivity index (χ1v) is 4.62. The highest BCUT2D eigenvalue weighted by Crippen LogP contribution is 2.02. The van der Waals surface area contributed by atoms with Gasteiger partial charge in [0.25, 0.3) is 0 Å². The van der Waals surface area contributed by atoms with Gasteiger partial charge in [-0.15, -0.1) is 0 Å². The number of benzene rings is 1. The Morgan fingerprint density at radius 1 is 1.36 bits per heavy atom. The van der Waals surface area contributed by atoms with Gasteiger partial charge in [0, 0.05) is 14.1 Å². The van der Waals surface area contributed by atoms with Gasteiger partial charge >= 0.3 is 0 Å². The quantitative estimate of drug-likeness (QED) is 0.764. The minimum absolute atomic E-state index is 0.0335. The fraction of sp³-hybridized carbons (Fsp3) is 0.364. The number of rotatable bonds is 3. The molecular formula is C11H16N2O. The molecule has 0 aliphatic carbocycles. The van der Waals surface area contributed by atoms with Crippen molar-refractivity contribution in [3.05, 3.63) is 35.9 Å². The molecular weight excluding hydrogens is 176 g/mol. The highest BCUT2D eigenvalue weighted by Gasteiger charge is 2.15. The Labute approximate surface area is 84.5 Å². The number of nitrogens with two attached hydrogens (primary N) is 1. The third-order valence-corrected chi connectivity index (χ3v) is 2.06. The van der Waals surface area contributed by atoms with Gasteiger partial charge in [-0.3, -0.25) is 4.79 Å². The Morgan fingerprint density at radius 2 is 1.93 bits per heavy atom. The summed E-state index contributed by atoms with van der Waals surface area (Å²) < 4.78 is 0. The van der Waals surface area contributed by atoms with E-state index in [1.807, 2.05) is 30.3 Å². The van der Waals surface area contributed by atoms with Crippen LogP contribution in [0.15, 0.2) is 30.3 Å². The number of carbonyl (C=O) groups excluding carboxylic acids is 1. The van der Waals surface area contributed by atoms with E-state index in [2.05, 4.69) is 0 Å². The van der Waals surface area contributed by atoms with Crippen molar-refractivity contribution in [1.29, 1.82) is 0 Å². The Balaban J connectivity index is 2.57. The summed E-state index contributed by atoms with van der Waals surface area (Å²) in [4.78, 5) is 13.0. The van der Waals surface area contributed by atoms with Crippen LogP contribution in [0.3, 0.4) is 0 Å². The molecule has 3 heteroatoms. The average molecular weight is 192 g/mol. The van der Waals surface area contributed by atoms with E-state index >= 15 is 0 Å². The second-order valence-corrected chi connectivity index (χ2v) is 3.53. The van der Waals surface area contributed by atoms with Crippen LogP contribution < -0.4 is 5.73 Å². The molecule has 76 valence electrons. The first-order chi connectivity index (χ1) is 6.61. The number of carbonyl (C=O) groups is 1. The second-order valence-electron chi connectivity index (χ2n) is 3.53. The van der Waals surface area contributed by atoms with Crippen molar-refractivity contribution in [2.45, 2.75) is 12.5 Å². The SMILES string of the molecule is CN(C)C(=O)[C@H](N)Cc1ccccc1. The predicted octanol–water partition coefficient (Wildman–Crippen LogP) is 0.645. The molecule has 0 aliphatic heterocycles. The summed E-state index contributed by atoms with van der Waals surface area (Å²) in [5.41, 5.74) is 6.85. The van der Waals surface area contributed by atoms with Crippen LogP contribution in [0.2, 0.25) is 0 Å². The molecule has 0 unspecified atom stereocenters. The standard InChI is InChI=1S/C11H16N2O/c1-13(2)11(14)10(12)8-9-6-4-3-5-7-9/h3-7,10H,8,12H2,1-2H3/t10-/m1/s1. The third kappa shape index (κ3) is 2.85. The third-order valence-electron chi connectivity index (χ3n) is 2.06. The Hall–Kier alpha value is -1.35. The van der Waals surface area contributed by atoms with E-state index in [-0.39, 0.29) is 5.91 Å². The molecule has 0 saturated heterocycles. The fourth-order valence-electron chi connectivity index (χ4n) is 1.29. The number of hydrogen-bond acceptors (Lipinski definition) is 2.